The Morgan fingerprint density at radius 2 is 1.78 bits per heavy atom. The summed E-state index contributed by atoms with van der Waals surface area (Å²) < 4.78 is 29.1. The van der Waals surface area contributed by atoms with Gasteiger partial charge in [-0.3, -0.25) is 4.90 Å². The molecule has 0 unspecified atom stereocenters. The van der Waals surface area contributed by atoms with E-state index in [0.717, 1.165) is 39.4 Å². The Morgan fingerprint density at radius 1 is 1.13 bits per heavy atom. The van der Waals surface area contributed by atoms with Crippen molar-refractivity contribution in [3.8, 4) is 0 Å². The molecule has 2 heterocycles. The van der Waals surface area contributed by atoms with Crippen LogP contribution in [0.5, 0.6) is 0 Å². The van der Waals surface area contributed by atoms with Gasteiger partial charge in [0.1, 0.15) is 5.82 Å². The summed E-state index contributed by atoms with van der Waals surface area (Å²) in [5.74, 6) is -2.60. The van der Waals surface area contributed by atoms with Gasteiger partial charge in [0.2, 0.25) is 5.82 Å². The molecule has 0 radical (unpaired) electrons. The number of rotatable bonds is 4. The van der Waals surface area contributed by atoms with Crippen molar-refractivity contribution >= 4 is 0 Å². The third kappa shape index (κ3) is 3.58. The number of alkyl halides is 2. The number of halogens is 2. The van der Waals surface area contributed by atoms with Crippen LogP contribution in [0.2, 0.25) is 0 Å². The highest BCUT2D eigenvalue weighted by Gasteiger charge is 2.35. The molecular formula is C17H22F2N4. The molecule has 0 saturated carbocycles. The second-order valence-electron chi connectivity index (χ2n) is 6.32. The van der Waals surface area contributed by atoms with Crippen LogP contribution in [0.1, 0.15) is 43.0 Å². The predicted octanol–water partition coefficient (Wildman–Crippen LogP) is 3.54. The summed E-state index contributed by atoms with van der Waals surface area (Å²) in [5.41, 5.74) is 1.28. The van der Waals surface area contributed by atoms with Gasteiger partial charge >= 0.3 is 5.92 Å². The second kappa shape index (κ2) is 6.35. The number of likely N-dealkylation sites (tertiary alicyclic amines) is 1. The van der Waals surface area contributed by atoms with Gasteiger partial charge in [-0.1, -0.05) is 30.3 Å². The van der Waals surface area contributed by atoms with Crippen LogP contribution in [-0.4, -0.2) is 32.8 Å². The zero-order valence-corrected chi connectivity index (χ0v) is 13.5. The largest absolute Gasteiger partial charge is 0.307 e. The van der Waals surface area contributed by atoms with E-state index in [1.165, 1.54) is 5.56 Å². The van der Waals surface area contributed by atoms with Crippen LogP contribution >= 0.6 is 0 Å². The van der Waals surface area contributed by atoms with Gasteiger partial charge in [0.05, 0.1) is 0 Å². The molecule has 1 saturated heterocycles. The first-order chi connectivity index (χ1) is 10.9. The van der Waals surface area contributed by atoms with Crippen molar-refractivity contribution in [2.75, 3.05) is 13.1 Å². The van der Waals surface area contributed by atoms with E-state index in [9.17, 15) is 8.78 Å². The van der Waals surface area contributed by atoms with Crippen molar-refractivity contribution in [1.82, 2.24) is 19.7 Å². The van der Waals surface area contributed by atoms with E-state index >= 15 is 0 Å². The molecule has 2 aromatic rings. The molecule has 1 fully saturated rings. The van der Waals surface area contributed by atoms with E-state index in [2.05, 4.69) is 27.2 Å². The molecular weight excluding hydrogens is 298 g/mol. The summed E-state index contributed by atoms with van der Waals surface area (Å²) in [7, 11) is 0. The monoisotopic (exact) mass is 320 g/mol. The van der Waals surface area contributed by atoms with E-state index in [0.29, 0.717) is 5.82 Å². The Labute approximate surface area is 135 Å². The summed E-state index contributed by atoms with van der Waals surface area (Å²) in [6, 6.07) is 10.4. The fourth-order valence-corrected chi connectivity index (χ4v) is 3.28. The van der Waals surface area contributed by atoms with E-state index in [1.807, 2.05) is 18.2 Å². The van der Waals surface area contributed by atoms with Gasteiger partial charge in [-0.2, -0.15) is 8.78 Å². The van der Waals surface area contributed by atoms with Gasteiger partial charge in [0, 0.05) is 32.6 Å². The van der Waals surface area contributed by atoms with Gasteiger partial charge < -0.3 is 4.57 Å². The smallest absolute Gasteiger partial charge is 0.304 e. The number of benzene rings is 1. The quantitative estimate of drug-likeness (QED) is 0.864. The fourth-order valence-electron chi connectivity index (χ4n) is 3.28. The summed E-state index contributed by atoms with van der Waals surface area (Å²) in [4.78, 5) is 2.37. The number of hydrogen-bond donors (Lipinski definition) is 0. The van der Waals surface area contributed by atoms with Gasteiger partial charge in [0.15, 0.2) is 0 Å². The highest BCUT2D eigenvalue weighted by molar-refractivity contribution is 5.14. The molecule has 0 aliphatic carbocycles. The number of nitrogens with zero attached hydrogens (tertiary/aromatic N) is 4. The van der Waals surface area contributed by atoms with Gasteiger partial charge in [-0.25, -0.2) is 0 Å². The number of piperidine rings is 1. The zero-order valence-electron chi connectivity index (χ0n) is 13.5. The average molecular weight is 320 g/mol. The molecule has 3 rings (SSSR count). The molecule has 0 bridgehead atoms. The standard InChI is InChI=1S/C17H22F2N4/c1-13-20-21-16(17(2,18)19)23(13)15-8-10-22(11-9-15)12-14-6-4-3-5-7-14/h3-7,15H,8-12H2,1-2H3. The van der Waals surface area contributed by atoms with E-state index in [4.69, 9.17) is 0 Å². The van der Waals surface area contributed by atoms with Crippen LogP contribution in [-0.2, 0) is 12.5 Å². The molecule has 6 heteroatoms. The Bertz CT molecular complexity index is 640. The first-order valence-electron chi connectivity index (χ1n) is 8.01. The Balaban J connectivity index is 1.67. The van der Waals surface area contributed by atoms with E-state index in [-0.39, 0.29) is 11.9 Å². The minimum absolute atomic E-state index is 0.0536. The average Bonchev–Trinajstić information content (AvgIpc) is 2.91. The van der Waals surface area contributed by atoms with E-state index in [1.54, 1.807) is 11.5 Å². The Kier molecular flexibility index (Phi) is 4.43. The van der Waals surface area contributed by atoms with Gasteiger partial charge in [0.25, 0.3) is 0 Å². The Morgan fingerprint density at radius 3 is 2.39 bits per heavy atom. The summed E-state index contributed by atoms with van der Waals surface area (Å²) in [6.07, 6.45) is 1.68. The van der Waals surface area contributed by atoms with Crippen molar-refractivity contribution in [3.63, 3.8) is 0 Å². The molecule has 1 aliphatic rings. The van der Waals surface area contributed by atoms with Crippen LogP contribution in [0.25, 0.3) is 0 Å². The molecule has 1 aliphatic heterocycles. The molecule has 23 heavy (non-hydrogen) atoms. The van der Waals surface area contributed by atoms with Crippen LogP contribution in [0.3, 0.4) is 0 Å². The lowest BCUT2D eigenvalue weighted by molar-refractivity contribution is 0.000465. The van der Waals surface area contributed by atoms with E-state index < -0.39 is 5.92 Å². The molecule has 0 N–H and O–H groups in total. The fraction of sp³-hybridized carbons (Fsp3) is 0.529. The third-order valence-electron chi connectivity index (χ3n) is 4.43. The summed E-state index contributed by atoms with van der Waals surface area (Å²) in [5, 5.41) is 7.56. The number of hydrogen-bond acceptors (Lipinski definition) is 3. The first-order valence-corrected chi connectivity index (χ1v) is 8.01. The second-order valence-corrected chi connectivity index (χ2v) is 6.32. The maximum atomic E-state index is 13.7. The lowest BCUT2D eigenvalue weighted by atomic mass is 10.0. The lowest BCUT2D eigenvalue weighted by Gasteiger charge is -2.33. The molecule has 1 aromatic heterocycles. The molecule has 1 aromatic carbocycles. The predicted molar refractivity (Wildman–Crippen MR) is 84.3 cm³/mol. The molecule has 0 amide bonds. The summed E-state index contributed by atoms with van der Waals surface area (Å²) >= 11 is 0. The molecule has 4 nitrogen and oxygen atoms in total. The van der Waals surface area contributed by atoms with Crippen LogP contribution in [0, 0.1) is 6.92 Å². The minimum atomic E-state index is -2.96. The van der Waals surface area contributed by atoms with Crippen LogP contribution < -0.4 is 0 Å². The van der Waals surface area contributed by atoms with Gasteiger partial charge in [-0.15, -0.1) is 10.2 Å². The highest BCUT2D eigenvalue weighted by atomic mass is 19.3. The molecule has 0 atom stereocenters. The topological polar surface area (TPSA) is 34.0 Å². The van der Waals surface area contributed by atoms with Crippen molar-refractivity contribution in [2.45, 2.75) is 45.2 Å². The third-order valence-corrected chi connectivity index (χ3v) is 4.43. The van der Waals surface area contributed by atoms with Crippen molar-refractivity contribution in [1.29, 1.82) is 0 Å². The maximum Gasteiger partial charge on any atom is 0.304 e. The van der Waals surface area contributed by atoms with Crippen molar-refractivity contribution in [2.24, 2.45) is 0 Å². The van der Waals surface area contributed by atoms with Crippen molar-refractivity contribution < 1.29 is 8.78 Å². The number of aromatic nitrogens is 3. The molecule has 0 spiro atoms. The zero-order chi connectivity index (χ0) is 16.4. The normalized spacial score (nSPS) is 17.6. The minimum Gasteiger partial charge on any atom is -0.307 e. The van der Waals surface area contributed by atoms with Crippen LogP contribution in [0.4, 0.5) is 8.78 Å². The number of aryl methyl sites for hydroxylation is 1. The lowest BCUT2D eigenvalue weighted by Crippen LogP contribution is -2.35. The van der Waals surface area contributed by atoms with Crippen molar-refractivity contribution in [3.05, 3.63) is 47.5 Å². The maximum absolute atomic E-state index is 13.7. The van der Waals surface area contributed by atoms with Gasteiger partial charge in [-0.05, 0) is 25.3 Å². The SMILES string of the molecule is Cc1nnc(C(C)(F)F)n1C1CCN(Cc2ccccc2)CC1. The molecule has 124 valence electrons. The van der Waals surface area contributed by atoms with Crippen LogP contribution in [0.15, 0.2) is 30.3 Å². The highest BCUT2D eigenvalue weighted by Crippen LogP contribution is 2.32. The first kappa shape index (κ1) is 16.1. The summed E-state index contributed by atoms with van der Waals surface area (Å²) in [6.45, 7) is 5.33. The Hall–Kier alpha value is -1.82.